The lowest BCUT2D eigenvalue weighted by Gasteiger charge is -2.31. The fourth-order valence-corrected chi connectivity index (χ4v) is 5.96. The van der Waals surface area contributed by atoms with Crippen molar-refractivity contribution in [3.63, 3.8) is 0 Å². The maximum absolute atomic E-state index is 13.5. The molecule has 1 aliphatic rings. The Morgan fingerprint density at radius 2 is 1.90 bits per heavy atom. The number of aliphatic hydroxyl groups excluding tert-OH is 1. The Morgan fingerprint density at radius 3 is 2.65 bits per heavy atom. The number of aliphatic hydroxyl groups is 1. The quantitative estimate of drug-likeness (QED) is 0.341. The number of para-hydroxylation sites is 1. The van der Waals surface area contributed by atoms with Gasteiger partial charge in [0.25, 0.3) is 5.91 Å². The van der Waals surface area contributed by atoms with Gasteiger partial charge in [-0.1, -0.05) is 41.7 Å². The number of amides is 1. The lowest BCUT2D eigenvalue weighted by molar-refractivity contribution is 0.00613. The maximum Gasteiger partial charge on any atom is 0.357 e. The first-order chi connectivity index (χ1) is 19.1. The molecule has 4 aromatic rings. The number of aryl methyl sites for hydroxylation is 2. The molecule has 3 heterocycles. The van der Waals surface area contributed by atoms with Crippen molar-refractivity contribution >= 4 is 39.2 Å². The van der Waals surface area contributed by atoms with Crippen LogP contribution in [0, 0.1) is 0 Å². The number of aromatic nitrogens is 2. The van der Waals surface area contributed by atoms with E-state index in [-0.39, 0.29) is 18.2 Å². The second kappa shape index (κ2) is 11.3. The Bertz CT molecular complexity index is 1650. The standard InChI is InChI=1S/C31H34N4O4S/c1-31(2,3)39-29(38)27-21(10-8-18-36)14-15-26(32-27)35-17-16-20-9-7-11-22(23(20)19-35)28(37)33-30-34(4)24-12-5-6-13-25(24)40-30/h5-7,9,11-15,36H,8,10,16-19H2,1-4H3. The summed E-state index contributed by atoms with van der Waals surface area (Å²) in [6, 6.07) is 17.6. The molecule has 0 bridgehead atoms. The highest BCUT2D eigenvalue weighted by atomic mass is 32.1. The van der Waals surface area contributed by atoms with Gasteiger partial charge in [-0.25, -0.2) is 9.78 Å². The Labute approximate surface area is 237 Å². The zero-order chi connectivity index (χ0) is 28.4. The third-order valence-electron chi connectivity index (χ3n) is 6.90. The minimum atomic E-state index is -0.656. The normalized spacial score (nSPS) is 13.9. The average Bonchev–Trinajstić information content (AvgIpc) is 3.25. The molecule has 1 N–H and O–H groups in total. The first-order valence-corrected chi connectivity index (χ1v) is 14.3. The van der Waals surface area contributed by atoms with Crippen molar-refractivity contribution in [2.24, 2.45) is 12.0 Å². The van der Waals surface area contributed by atoms with Gasteiger partial charge in [-0.3, -0.25) is 4.79 Å². The molecule has 1 amide bonds. The van der Waals surface area contributed by atoms with Gasteiger partial charge in [0.05, 0.1) is 10.2 Å². The summed E-state index contributed by atoms with van der Waals surface area (Å²) in [7, 11) is 1.92. The van der Waals surface area contributed by atoms with E-state index in [1.165, 1.54) is 11.3 Å². The van der Waals surface area contributed by atoms with Gasteiger partial charge in [0.1, 0.15) is 11.4 Å². The largest absolute Gasteiger partial charge is 0.455 e. The van der Waals surface area contributed by atoms with E-state index >= 15 is 0 Å². The summed E-state index contributed by atoms with van der Waals surface area (Å²) in [5.41, 5.74) is 4.01. The minimum Gasteiger partial charge on any atom is -0.455 e. The van der Waals surface area contributed by atoms with Gasteiger partial charge in [-0.2, -0.15) is 4.99 Å². The van der Waals surface area contributed by atoms with Gasteiger partial charge < -0.3 is 19.3 Å². The number of pyridine rings is 1. The highest BCUT2D eigenvalue weighted by molar-refractivity contribution is 7.16. The van der Waals surface area contributed by atoms with Crippen LogP contribution in [0.3, 0.4) is 0 Å². The number of ether oxygens (including phenoxy) is 1. The van der Waals surface area contributed by atoms with Gasteiger partial charge in [0, 0.05) is 32.3 Å². The molecule has 1 aliphatic heterocycles. The SMILES string of the molecule is Cn1c(=NC(=O)c2cccc3c2CN(c2ccc(CCCO)c(C(=O)OC(C)(C)C)n2)CC3)sc2ccccc21. The zero-order valence-corrected chi connectivity index (χ0v) is 24.1. The summed E-state index contributed by atoms with van der Waals surface area (Å²) in [5, 5.41) is 9.33. The van der Waals surface area contributed by atoms with Crippen molar-refractivity contribution < 1.29 is 19.4 Å². The molecular formula is C31H34N4O4S. The fourth-order valence-electron chi connectivity index (χ4n) is 4.94. The highest BCUT2D eigenvalue weighted by Gasteiger charge is 2.26. The predicted molar refractivity (Wildman–Crippen MR) is 157 cm³/mol. The number of hydrogen-bond donors (Lipinski definition) is 1. The van der Waals surface area contributed by atoms with Gasteiger partial charge in [-0.15, -0.1) is 0 Å². The molecule has 0 fully saturated rings. The maximum atomic E-state index is 13.5. The molecule has 2 aromatic heterocycles. The van der Waals surface area contributed by atoms with Gasteiger partial charge in [-0.05, 0) is 81.0 Å². The molecule has 9 heteroatoms. The van der Waals surface area contributed by atoms with E-state index in [1.54, 1.807) is 0 Å². The number of fused-ring (bicyclic) bond motifs is 2. The third-order valence-corrected chi connectivity index (χ3v) is 8.01. The molecule has 0 aliphatic carbocycles. The zero-order valence-electron chi connectivity index (χ0n) is 23.3. The summed E-state index contributed by atoms with van der Waals surface area (Å²) in [4.78, 5) is 38.5. The Hall–Kier alpha value is -3.82. The number of carbonyl (C=O) groups excluding carboxylic acids is 2. The Balaban J connectivity index is 1.47. The van der Waals surface area contributed by atoms with Crippen LogP contribution < -0.4 is 9.70 Å². The van der Waals surface area contributed by atoms with Crippen LogP contribution in [0.1, 0.15) is 64.7 Å². The molecule has 0 radical (unpaired) electrons. The topological polar surface area (TPSA) is 97.0 Å². The van der Waals surface area contributed by atoms with Crippen molar-refractivity contribution in [1.29, 1.82) is 0 Å². The third kappa shape index (κ3) is 5.85. The number of benzene rings is 2. The Morgan fingerprint density at radius 1 is 1.10 bits per heavy atom. The van der Waals surface area contributed by atoms with Crippen molar-refractivity contribution in [1.82, 2.24) is 9.55 Å². The smallest absolute Gasteiger partial charge is 0.357 e. The molecule has 208 valence electrons. The van der Waals surface area contributed by atoms with Crippen molar-refractivity contribution in [2.75, 3.05) is 18.1 Å². The molecule has 0 atom stereocenters. The number of hydrogen-bond acceptors (Lipinski definition) is 7. The molecule has 0 unspecified atom stereocenters. The van der Waals surface area contributed by atoms with Crippen molar-refractivity contribution in [3.8, 4) is 0 Å². The van der Waals surface area contributed by atoms with E-state index in [2.05, 4.69) is 16.0 Å². The second-order valence-electron chi connectivity index (χ2n) is 10.9. The molecule has 0 saturated heterocycles. The van der Waals surface area contributed by atoms with Crippen LogP contribution in [0.4, 0.5) is 5.82 Å². The number of anilines is 1. The van der Waals surface area contributed by atoms with Gasteiger partial charge in [0.15, 0.2) is 10.5 Å². The van der Waals surface area contributed by atoms with E-state index in [9.17, 15) is 14.7 Å². The van der Waals surface area contributed by atoms with Gasteiger partial charge >= 0.3 is 5.97 Å². The van der Waals surface area contributed by atoms with E-state index in [0.29, 0.717) is 42.1 Å². The highest BCUT2D eigenvalue weighted by Crippen LogP contribution is 2.28. The molecule has 8 nitrogen and oxygen atoms in total. The monoisotopic (exact) mass is 558 g/mol. The summed E-state index contributed by atoms with van der Waals surface area (Å²) in [6.07, 6.45) is 1.79. The first-order valence-electron chi connectivity index (χ1n) is 13.5. The number of thiazole rings is 1. The second-order valence-corrected chi connectivity index (χ2v) is 12.0. The number of nitrogens with zero attached hydrogens (tertiary/aromatic N) is 4. The van der Waals surface area contributed by atoms with Crippen LogP contribution in [0.5, 0.6) is 0 Å². The minimum absolute atomic E-state index is 0.0276. The van der Waals surface area contributed by atoms with E-state index < -0.39 is 11.6 Å². The lowest BCUT2D eigenvalue weighted by Crippen LogP contribution is -2.33. The van der Waals surface area contributed by atoms with Gasteiger partial charge in [0.2, 0.25) is 0 Å². The number of carbonyl (C=O) groups is 2. The fraction of sp³-hybridized carbons (Fsp3) is 0.355. The summed E-state index contributed by atoms with van der Waals surface area (Å²) in [5.74, 6) is -0.109. The van der Waals surface area contributed by atoms with Crippen LogP contribution in [0.2, 0.25) is 0 Å². The first kappa shape index (κ1) is 27.7. The predicted octanol–water partition coefficient (Wildman–Crippen LogP) is 4.82. The van der Waals surface area contributed by atoms with Crippen molar-refractivity contribution in [3.05, 3.63) is 87.3 Å². The lowest BCUT2D eigenvalue weighted by atomic mass is 9.94. The number of esters is 1. The molecule has 5 rings (SSSR count). The molecule has 0 saturated carbocycles. The van der Waals surface area contributed by atoms with Crippen LogP contribution in [-0.4, -0.2) is 45.3 Å². The van der Waals surface area contributed by atoms with E-state index in [0.717, 1.165) is 33.3 Å². The molecule has 40 heavy (non-hydrogen) atoms. The number of rotatable bonds is 6. The van der Waals surface area contributed by atoms with Crippen LogP contribution in [0.15, 0.2) is 59.6 Å². The molecule has 2 aromatic carbocycles. The van der Waals surface area contributed by atoms with Crippen molar-refractivity contribution in [2.45, 2.75) is 52.2 Å². The molecule has 0 spiro atoms. The summed E-state index contributed by atoms with van der Waals surface area (Å²) < 4.78 is 8.66. The van der Waals surface area contributed by atoms with Crippen LogP contribution in [-0.2, 0) is 31.2 Å². The van der Waals surface area contributed by atoms with Crippen LogP contribution >= 0.6 is 11.3 Å². The van der Waals surface area contributed by atoms with E-state index in [4.69, 9.17) is 9.72 Å². The molecular weight excluding hydrogens is 524 g/mol. The van der Waals surface area contributed by atoms with Crippen LogP contribution in [0.25, 0.3) is 10.2 Å². The summed E-state index contributed by atoms with van der Waals surface area (Å²) >= 11 is 1.49. The van der Waals surface area contributed by atoms with E-state index in [1.807, 2.05) is 80.9 Å². The average molecular weight is 559 g/mol. The summed E-state index contributed by atoms with van der Waals surface area (Å²) in [6.45, 7) is 6.68. The Kier molecular flexibility index (Phi) is 7.87.